The average Bonchev–Trinajstić information content (AvgIpc) is 2.01. The van der Waals surface area contributed by atoms with Crippen molar-refractivity contribution in [3.8, 4) is 0 Å². The number of rotatable bonds is 3. The Hall–Kier alpha value is -0.270. The van der Waals surface area contributed by atoms with E-state index in [1.807, 2.05) is 12.1 Å². The highest BCUT2D eigenvalue weighted by Gasteiger charge is 1.94. The number of hydrogen-bond acceptors (Lipinski definition) is 0. The summed E-state index contributed by atoms with van der Waals surface area (Å²) in [5, 5.41) is 0.718. The van der Waals surface area contributed by atoms with Crippen molar-refractivity contribution in [1.82, 2.24) is 0 Å². The molecule has 1 aromatic rings. The van der Waals surface area contributed by atoms with Gasteiger partial charge in [0.05, 0.1) is 0 Å². The van der Waals surface area contributed by atoms with E-state index in [4.69, 9.17) is 11.6 Å². The molecule has 1 rings (SSSR count). The van der Waals surface area contributed by atoms with Gasteiger partial charge >= 0.3 is 0 Å². The maximum atomic E-state index is 5.66. The quantitative estimate of drug-likeness (QED) is 0.751. The molecule has 0 aromatic heterocycles. The first-order valence-electron chi connectivity index (χ1n) is 3.76. The fourth-order valence-electron chi connectivity index (χ4n) is 0.972. The van der Waals surface area contributed by atoms with E-state index in [0.717, 1.165) is 22.3 Å². The van der Waals surface area contributed by atoms with E-state index in [2.05, 4.69) is 34.6 Å². The molecule has 0 saturated heterocycles. The van der Waals surface area contributed by atoms with Gasteiger partial charge < -0.3 is 0 Å². The van der Waals surface area contributed by atoms with Crippen LogP contribution in [0, 0.1) is 0 Å². The van der Waals surface area contributed by atoms with Crippen LogP contribution in [0.1, 0.15) is 12.0 Å². The molecule has 0 heterocycles. The first-order chi connectivity index (χ1) is 5.68. The largest absolute Gasteiger partial charge is 0.0898 e. The zero-order valence-electron chi connectivity index (χ0n) is 6.69. The number of halogens is 2. The minimum absolute atomic E-state index is 0.718. The summed E-state index contributed by atoms with van der Waals surface area (Å²) < 4.78 is 1.11. The summed E-state index contributed by atoms with van der Waals surface area (Å²) in [6, 6.07) is 8.22. The van der Waals surface area contributed by atoms with Gasteiger partial charge in [-0.05, 0) is 30.5 Å². The lowest BCUT2D eigenvalue weighted by Crippen LogP contribution is -1.83. The van der Waals surface area contributed by atoms with Crippen LogP contribution in [-0.4, -0.2) is 0 Å². The van der Waals surface area contributed by atoms with Gasteiger partial charge in [-0.2, -0.15) is 0 Å². The zero-order chi connectivity index (χ0) is 8.97. The minimum atomic E-state index is 0.718. The Balaban J connectivity index is 2.57. The molecule has 0 fully saturated rings. The van der Waals surface area contributed by atoms with Gasteiger partial charge in [-0.15, -0.1) is 0 Å². The third kappa shape index (κ3) is 3.42. The smallest absolute Gasteiger partial charge is 0.0177 e. The van der Waals surface area contributed by atoms with Crippen LogP contribution in [-0.2, 0) is 6.42 Å². The summed E-state index contributed by atoms with van der Waals surface area (Å²) in [5.41, 5.74) is 1.28. The van der Waals surface area contributed by atoms with Gasteiger partial charge in [0, 0.05) is 9.51 Å². The fourth-order valence-corrected chi connectivity index (χ4v) is 1.51. The molecule has 0 amide bonds. The van der Waals surface area contributed by atoms with Crippen LogP contribution >= 0.6 is 27.5 Å². The molecule has 0 atom stereocenters. The van der Waals surface area contributed by atoms with Crippen LogP contribution < -0.4 is 0 Å². The molecule has 1 aromatic carbocycles. The maximum Gasteiger partial charge on any atom is 0.0177 e. The maximum absolute atomic E-state index is 5.66. The van der Waals surface area contributed by atoms with E-state index in [-0.39, 0.29) is 0 Å². The summed E-state index contributed by atoms with van der Waals surface area (Å²) in [4.78, 5) is 0. The van der Waals surface area contributed by atoms with Crippen LogP contribution in [0.3, 0.4) is 0 Å². The Bertz CT molecular complexity index is 281. The SMILES string of the molecule is C=C(Cl)CCc1cccc(Br)c1. The molecule has 2 heteroatoms. The standard InChI is InChI=1S/C10H10BrCl/c1-8(12)5-6-9-3-2-4-10(11)7-9/h2-4,7H,1,5-6H2. The van der Waals surface area contributed by atoms with Gasteiger partial charge in [0.2, 0.25) is 0 Å². The number of benzene rings is 1. The summed E-state index contributed by atoms with van der Waals surface area (Å²) >= 11 is 9.08. The summed E-state index contributed by atoms with van der Waals surface area (Å²) in [6.07, 6.45) is 1.81. The third-order valence-corrected chi connectivity index (χ3v) is 2.26. The Morgan fingerprint density at radius 2 is 2.25 bits per heavy atom. The Morgan fingerprint density at radius 1 is 1.50 bits per heavy atom. The van der Waals surface area contributed by atoms with Crippen molar-refractivity contribution in [3.63, 3.8) is 0 Å². The van der Waals surface area contributed by atoms with Gasteiger partial charge in [0.1, 0.15) is 0 Å². The number of aryl methyl sites for hydroxylation is 1. The highest BCUT2D eigenvalue weighted by Crippen LogP contribution is 2.15. The average molecular weight is 246 g/mol. The van der Waals surface area contributed by atoms with Crippen LogP contribution in [0.2, 0.25) is 0 Å². The van der Waals surface area contributed by atoms with Crippen LogP contribution in [0.4, 0.5) is 0 Å². The minimum Gasteiger partial charge on any atom is -0.0898 e. The topological polar surface area (TPSA) is 0 Å². The first-order valence-corrected chi connectivity index (χ1v) is 4.93. The number of hydrogen-bond donors (Lipinski definition) is 0. The van der Waals surface area contributed by atoms with Gasteiger partial charge in [-0.3, -0.25) is 0 Å². The fraction of sp³-hybridized carbons (Fsp3) is 0.200. The van der Waals surface area contributed by atoms with Crippen molar-refractivity contribution < 1.29 is 0 Å². The molecule has 0 N–H and O–H groups in total. The van der Waals surface area contributed by atoms with Gasteiger partial charge in [0.25, 0.3) is 0 Å². The second kappa shape index (κ2) is 4.68. The van der Waals surface area contributed by atoms with E-state index >= 15 is 0 Å². The van der Waals surface area contributed by atoms with Gasteiger partial charge in [0.15, 0.2) is 0 Å². The second-order valence-corrected chi connectivity index (χ2v) is 4.10. The molecule has 64 valence electrons. The predicted octanol–water partition coefficient (Wildman–Crippen LogP) is 4.13. The van der Waals surface area contributed by atoms with E-state index in [0.29, 0.717) is 0 Å². The van der Waals surface area contributed by atoms with Crippen molar-refractivity contribution in [2.75, 3.05) is 0 Å². The van der Waals surface area contributed by atoms with Crippen LogP contribution in [0.25, 0.3) is 0 Å². The molecular formula is C10H10BrCl. The molecule has 0 radical (unpaired) electrons. The molecule has 12 heavy (non-hydrogen) atoms. The van der Waals surface area contributed by atoms with Crippen molar-refractivity contribution in [1.29, 1.82) is 0 Å². The van der Waals surface area contributed by atoms with E-state index < -0.39 is 0 Å². The summed E-state index contributed by atoms with van der Waals surface area (Å²) in [5.74, 6) is 0. The number of allylic oxidation sites excluding steroid dienone is 1. The molecule has 0 unspecified atom stereocenters. The van der Waals surface area contributed by atoms with E-state index in [1.54, 1.807) is 0 Å². The van der Waals surface area contributed by atoms with E-state index in [1.165, 1.54) is 5.56 Å². The van der Waals surface area contributed by atoms with Crippen molar-refractivity contribution in [2.24, 2.45) is 0 Å². The lowest BCUT2D eigenvalue weighted by atomic mass is 10.1. The molecule has 0 bridgehead atoms. The first kappa shape index (κ1) is 9.82. The highest BCUT2D eigenvalue weighted by atomic mass is 79.9. The molecule has 0 aliphatic carbocycles. The van der Waals surface area contributed by atoms with Crippen molar-refractivity contribution in [3.05, 3.63) is 45.9 Å². The molecule has 0 nitrogen and oxygen atoms in total. The predicted molar refractivity (Wildman–Crippen MR) is 57.5 cm³/mol. The summed E-state index contributed by atoms with van der Waals surface area (Å²) in [7, 11) is 0. The van der Waals surface area contributed by atoms with Crippen molar-refractivity contribution in [2.45, 2.75) is 12.8 Å². The molecule has 0 aliphatic rings. The normalized spacial score (nSPS) is 9.83. The summed E-state index contributed by atoms with van der Waals surface area (Å²) in [6.45, 7) is 3.65. The van der Waals surface area contributed by atoms with Gasteiger partial charge in [-0.1, -0.05) is 46.2 Å². The molecule has 0 spiro atoms. The van der Waals surface area contributed by atoms with E-state index in [9.17, 15) is 0 Å². The zero-order valence-corrected chi connectivity index (χ0v) is 9.03. The monoisotopic (exact) mass is 244 g/mol. The lowest BCUT2D eigenvalue weighted by molar-refractivity contribution is 0.988. The lowest BCUT2D eigenvalue weighted by Gasteiger charge is -1.99. The molecule has 0 saturated carbocycles. The Morgan fingerprint density at radius 3 is 2.83 bits per heavy atom. The van der Waals surface area contributed by atoms with Gasteiger partial charge in [-0.25, -0.2) is 0 Å². The highest BCUT2D eigenvalue weighted by molar-refractivity contribution is 9.10. The van der Waals surface area contributed by atoms with Crippen LogP contribution in [0.15, 0.2) is 40.3 Å². The Kier molecular flexibility index (Phi) is 3.83. The second-order valence-electron chi connectivity index (χ2n) is 2.65. The third-order valence-electron chi connectivity index (χ3n) is 1.57. The molecular weight excluding hydrogens is 235 g/mol. The van der Waals surface area contributed by atoms with Crippen molar-refractivity contribution >= 4 is 27.5 Å². The molecule has 0 aliphatic heterocycles. The Labute approximate surface area is 86.4 Å². The van der Waals surface area contributed by atoms with Crippen LogP contribution in [0.5, 0.6) is 0 Å².